The second-order valence-electron chi connectivity index (χ2n) is 8.50. The summed E-state index contributed by atoms with van der Waals surface area (Å²) >= 11 is 6.34. The molecule has 0 saturated heterocycles. The zero-order valence-corrected chi connectivity index (χ0v) is 16.6. The minimum Gasteiger partial charge on any atom is -0.383 e. The lowest BCUT2D eigenvalue weighted by Gasteiger charge is -2.60. The van der Waals surface area contributed by atoms with Gasteiger partial charge >= 0.3 is 0 Å². The van der Waals surface area contributed by atoms with Crippen LogP contribution in [0.1, 0.15) is 49.4 Å². The molecule has 1 aromatic heterocycles. The second-order valence-corrected chi connectivity index (χ2v) is 8.85. The van der Waals surface area contributed by atoms with Gasteiger partial charge in [0.15, 0.2) is 0 Å². The van der Waals surface area contributed by atoms with E-state index in [9.17, 15) is 9.59 Å². The van der Waals surface area contributed by atoms with E-state index in [1.807, 2.05) is 0 Å². The van der Waals surface area contributed by atoms with Gasteiger partial charge in [0, 0.05) is 25.6 Å². The van der Waals surface area contributed by atoms with Crippen molar-refractivity contribution in [2.75, 3.05) is 13.7 Å². The molecule has 3 unspecified atom stereocenters. The van der Waals surface area contributed by atoms with Crippen molar-refractivity contribution >= 4 is 23.4 Å². The van der Waals surface area contributed by atoms with Gasteiger partial charge in [0.05, 0.1) is 24.9 Å². The van der Waals surface area contributed by atoms with Crippen LogP contribution >= 0.6 is 11.6 Å². The maximum absolute atomic E-state index is 12.9. The van der Waals surface area contributed by atoms with Crippen molar-refractivity contribution in [2.45, 2.75) is 57.2 Å². The molecule has 1 aromatic rings. The van der Waals surface area contributed by atoms with Gasteiger partial charge in [0.25, 0.3) is 5.91 Å². The molecule has 5 atom stereocenters. The highest BCUT2D eigenvalue weighted by Crippen LogP contribution is 2.55. The van der Waals surface area contributed by atoms with Crippen LogP contribution in [0.5, 0.6) is 0 Å². The van der Waals surface area contributed by atoms with E-state index in [0.717, 1.165) is 32.1 Å². The maximum Gasteiger partial charge on any atom is 0.256 e. The minimum atomic E-state index is -0.158. The number of hydrogen-bond donors (Lipinski definition) is 2. The van der Waals surface area contributed by atoms with Crippen LogP contribution in [0.3, 0.4) is 0 Å². The monoisotopic (exact) mass is 394 g/mol. The molecule has 5 rings (SSSR count). The average Bonchev–Trinajstić information content (AvgIpc) is 2.95. The van der Waals surface area contributed by atoms with Crippen molar-refractivity contribution in [2.24, 2.45) is 17.8 Å². The summed E-state index contributed by atoms with van der Waals surface area (Å²) in [6.07, 6.45) is 6.77. The van der Waals surface area contributed by atoms with Gasteiger partial charge in [-0.2, -0.15) is 5.10 Å². The van der Waals surface area contributed by atoms with Gasteiger partial charge in [-0.3, -0.25) is 14.3 Å². The molecule has 4 aliphatic rings. The zero-order chi connectivity index (χ0) is 19.2. The number of nitrogens with zero attached hydrogens (tertiary/aromatic N) is 2. The van der Waals surface area contributed by atoms with Crippen molar-refractivity contribution < 1.29 is 14.3 Å². The summed E-state index contributed by atoms with van der Waals surface area (Å²) in [5.41, 5.74) is 0.352. The normalized spacial score (nSPS) is 33.9. The molecule has 0 spiro atoms. The number of aromatic nitrogens is 2. The third-order valence-corrected chi connectivity index (χ3v) is 6.94. The Balaban J connectivity index is 1.46. The average molecular weight is 395 g/mol. The lowest BCUT2D eigenvalue weighted by atomic mass is 9.51. The van der Waals surface area contributed by atoms with Crippen molar-refractivity contribution in [3.63, 3.8) is 0 Å². The van der Waals surface area contributed by atoms with Crippen molar-refractivity contribution in [3.05, 3.63) is 16.9 Å². The number of amides is 2. The molecule has 7 nitrogen and oxygen atoms in total. The van der Waals surface area contributed by atoms with Gasteiger partial charge in [-0.15, -0.1) is 0 Å². The highest BCUT2D eigenvalue weighted by atomic mass is 35.5. The largest absolute Gasteiger partial charge is 0.383 e. The van der Waals surface area contributed by atoms with E-state index in [0.29, 0.717) is 41.6 Å². The van der Waals surface area contributed by atoms with Crippen LogP contribution in [0.2, 0.25) is 5.15 Å². The molecule has 0 aromatic carbocycles. The number of hydrogen-bond acceptors (Lipinski definition) is 4. The van der Waals surface area contributed by atoms with Crippen LogP contribution in [0.15, 0.2) is 6.20 Å². The maximum atomic E-state index is 12.9. The van der Waals surface area contributed by atoms with E-state index >= 15 is 0 Å². The Hall–Kier alpha value is -1.60. The van der Waals surface area contributed by atoms with E-state index in [1.165, 1.54) is 6.20 Å². The molecule has 4 fully saturated rings. The lowest BCUT2D eigenvalue weighted by Crippen LogP contribution is -2.66. The number of carbonyl (C=O) groups excluding carboxylic acids is 2. The molecule has 8 heteroatoms. The Bertz CT molecular complexity index is 733. The molecule has 0 aliphatic heterocycles. The van der Waals surface area contributed by atoms with Gasteiger partial charge in [-0.25, -0.2) is 0 Å². The predicted octanol–water partition coefficient (Wildman–Crippen LogP) is 2.00. The third-order valence-electron chi connectivity index (χ3n) is 6.54. The fourth-order valence-corrected chi connectivity index (χ4v) is 6.13. The van der Waals surface area contributed by atoms with Gasteiger partial charge in [0.2, 0.25) is 5.91 Å². The molecule has 148 valence electrons. The Morgan fingerprint density at radius 1 is 1.33 bits per heavy atom. The number of nitrogens with one attached hydrogen (secondary N) is 2. The number of methoxy groups -OCH3 is 1. The second kappa shape index (κ2) is 7.09. The molecule has 0 radical (unpaired) electrons. The third kappa shape index (κ3) is 3.47. The van der Waals surface area contributed by atoms with E-state index in [4.69, 9.17) is 16.3 Å². The van der Waals surface area contributed by atoms with E-state index in [2.05, 4.69) is 15.7 Å². The smallest absolute Gasteiger partial charge is 0.256 e. The van der Waals surface area contributed by atoms with Gasteiger partial charge in [0.1, 0.15) is 5.15 Å². The molecule has 1 heterocycles. The van der Waals surface area contributed by atoms with Crippen molar-refractivity contribution in [3.8, 4) is 0 Å². The quantitative estimate of drug-likeness (QED) is 0.772. The first-order valence-corrected chi connectivity index (χ1v) is 10.1. The summed E-state index contributed by atoms with van der Waals surface area (Å²) < 4.78 is 6.63. The van der Waals surface area contributed by atoms with Crippen LogP contribution in [-0.2, 0) is 16.1 Å². The van der Waals surface area contributed by atoms with Crippen LogP contribution in [0.25, 0.3) is 0 Å². The van der Waals surface area contributed by atoms with Gasteiger partial charge < -0.3 is 15.4 Å². The molecule has 2 amide bonds. The molecule has 27 heavy (non-hydrogen) atoms. The summed E-state index contributed by atoms with van der Waals surface area (Å²) in [4.78, 5) is 24.5. The minimum absolute atomic E-state index is 0.0489. The standard InChI is InChI=1S/C19H27ClN4O3/c1-11(25)23-19-7-12-5-13(8-19)16(14(6-12)9-19)22-18(26)15-10-21-24(17(15)20)3-4-27-2/h10,12-14,16H,3-9H2,1-2H3,(H,22,26)(H,23,25)/t12?,13-,14+,16?,19?. The summed E-state index contributed by atoms with van der Waals surface area (Å²) in [6, 6.07) is 0.148. The van der Waals surface area contributed by atoms with Crippen molar-refractivity contribution in [1.82, 2.24) is 20.4 Å². The van der Waals surface area contributed by atoms with E-state index < -0.39 is 0 Å². The van der Waals surface area contributed by atoms with Crippen molar-refractivity contribution in [1.29, 1.82) is 0 Å². The number of carbonyl (C=O) groups is 2. The molecule has 2 N–H and O–H groups in total. The van der Waals surface area contributed by atoms with E-state index in [-0.39, 0.29) is 23.4 Å². The van der Waals surface area contributed by atoms with Gasteiger partial charge in [-0.05, 0) is 49.9 Å². The molecule has 4 bridgehead atoms. The SMILES string of the molecule is COCCn1ncc(C(=O)NC2[C@@H]3CC4C[C@H]2CC(NC(C)=O)(C4)C3)c1Cl. The van der Waals surface area contributed by atoms with E-state index in [1.54, 1.807) is 18.7 Å². The van der Waals surface area contributed by atoms with Crippen LogP contribution in [0, 0.1) is 17.8 Å². The summed E-state index contributed by atoms with van der Waals surface area (Å²) in [5, 5.41) is 11.0. The van der Waals surface area contributed by atoms with Crippen LogP contribution in [-0.4, -0.2) is 46.9 Å². The molecular weight excluding hydrogens is 368 g/mol. The molecular formula is C19H27ClN4O3. The topological polar surface area (TPSA) is 85.2 Å². The Morgan fingerprint density at radius 2 is 2.04 bits per heavy atom. The number of ether oxygens (including phenoxy) is 1. The highest BCUT2D eigenvalue weighted by Gasteiger charge is 2.56. The first-order chi connectivity index (χ1) is 12.9. The zero-order valence-electron chi connectivity index (χ0n) is 15.8. The summed E-state index contributed by atoms with van der Waals surface area (Å²) in [5.74, 6) is 1.37. The summed E-state index contributed by atoms with van der Waals surface area (Å²) in [7, 11) is 1.62. The Morgan fingerprint density at radius 3 is 2.67 bits per heavy atom. The predicted molar refractivity (Wildman–Crippen MR) is 100 cm³/mol. The van der Waals surface area contributed by atoms with Crippen LogP contribution < -0.4 is 10.6 Å². The molecule has 4 aliphatic carbocycles. The fourth-order valence-electron chi connectivity index (χ4n) is 5.87. The fraction of sp³-hybridized carbons (Fsp3) is 0.737. The first kappa shape index (κ1) is 18.7. The number of halogens is 1. The Kier molecular flexibility index (Phi) is 4.93. The summed E-state index contributed by atoms with van der Waals surface area (Å²) in [6.45, 7) is 2.60. The molecule has 4 saturated carbocycles. The highest BCUT2D eigenvalue weighted by molar-refractivity contribution is 6.32. The Labute approximate surface area is 164 Å². The van der Waals surface area contributed by atoms with Crippen LogP contribution in [0.4, 0.5) is 0 Å². The number of rotatable bonds is 6. The lowest BCUT2D eigenvalue weighted by molar-refractivity contribution is -0.125. The van der Waals surface area contributed by atoms with Gasteiger partial charge in [-0.1, -0.05) is 11.6 Å². The first-order valence-electron chi connectivity index (χ1n) is 9.70.